The lowest BCUT2D eigenvalue weighted by molar-refractivity contribution is 0.495. The highest BCUT2D eigenvalue weighted by Crippen LogP contribution is 2.37. The van der Waals surface area contributed by atoms with E-state index >= 15 is 0 Å². The first-order chi connectivity index (χ1) is 18.8. The number of unbranched alkanes of at least 4 members (excludes halogenated alkanes) is 1. The summed E-state index contributed by atoms with van der Waals surface area (Å²) in [5.41, 5.74) is 5.91. The van der Waals surface area contributed by atoms with E-state index < -0.39 is 17.5 Å². The minimum Gasteiger partial charge on any atom is -0.260 e. The van der Waals surface area contributed by atoms with Gasteiger partial charge in [0.05, 0.1) is 10.7 Å². The number of halogens is 5. The Morgan fingerprint density at radius 2 is 1.60 bits per heavy atom. The molecule has 0 amide bonds. The van der Waals surface area contributed by atoms with E-state index in [1.54, 1.807) is 26.0 Å². The van der Waals surface area contributed by atoms with Crippen LogP contribution in [0.4, 0.5) is 17.6 Å². The summed E-state index contributed by atoms with van der Waals surface area (Å²) in [5, 5.41) is 0.0774. The number of allylic oxidation sites excluding steroid dienone is 5. The van der Waals surface area contributed by atoms with Crippen LogP contribution >= 0.6 is 11.6 Å². The highest BCUT2D eigenvalue weighted by Gasteiger charge is 2.20. The zero-order valence-electron chi connectivity index (χ0n) is 25.3. The maximum Gasteiger partial charge on any atom is 0.162 e. The Hall–Kier alpha value is -2.66. The van der Waals surface area contributed by atoms with Gasteiger partial charge in [0.25, 0.3) is 0 Å². The number of nitrogens with zero attached hydrogens (tertiary/aromatic N) is 1. The molecule has 6 heteroatoms. The van der Waals surface area contributed by atoms with E-state index in [-0.39, 0.29) is 16.8 Å². The highest BCUT2D eigenvalue weighted by molar-refractivity contribution is 6.31. The third-order valence-electron chi connectivity index (χ3n) is 6.87. The summed E-state index contributed by atoms with van der Waals surface area (Å²) in [6, 6.07) is 7.40. The van der Waals surface area contributed by atoms with Crippen molar-refractivity contribution >= 4 is 22.9 Å². The Kier molecular flexibility index (Phi) is 15.2. The second-order valence-electron chi connectivity index (χ2n) is 10.2. The van der Waals surface area contributed by atoms with Crippen LogP contribution in [0.5, 0.6) is 0 Å². The summed E-state index contributed by atoms with van der Waals surface area (Å²) in [6.07, 6.45) is 5.34. The number of aliphatic imine (C=N–C) groups is 1. The van der Waals surface area contributed by atoms with Crippen molar-refractivity contribution in [3.05, 3.63) is 98.7 Å². The van der Waals surface area contributed by atoms with Crippen molar-refractivity contribution < 1.29 is 17.6 Å². The van der Waals surface area contributed by atoms with Crippen LogP contribution in [0, 0.1) is 17.5 Å². The number of rotatable bonds is 11. The fourth-order valence-corrected chi connectivity index (χ4v) is 4.63. The Morgan fingerprint density at radius 1 is 0.950 bits per heavy atom. The van der Waals surface area contributed by atoms with Gasteiger partial charge in [-0.2, -0.15) is 0 Å². The van der Waals surface area contributed by atoms with E-state index in [0.717, 1.165) is 66.2 Å². The van der Waals surface area contributed by atoms with Crippen LogP contribution in [0.15, 0.2) is 64.6 Å². The van der Waals surface area contributed by atoms with Crippen LogP contribution in [0.2, 0.25) is 5.02 Å². The molecule has 0 bridgehead atoms. The lowest BCUT2D eigenvalue weighted by atomic mass is 9.84. The van der Waals surface area contributed by atoms with Crippen LogP contribution in [-0.2, 0) is 6.42 Å². The highest BCUT2D eigenvalue weighted by atomic mass is 35.5. The molecule has 0 N–H and O–H groups in total. The average molecular weight is 578 g/mol. The van der Waals surface area contributed by atoms with E-state index in [1.165, 1.54) is 12.1 Å². The smallest absolute Gasteiger partial charge is 0.162 e. The molecule has 2 aromatic rings. The minimum atomic E-state index is -0.846. The number of aryl methyl sites for hydroxylation is 1. The molecular weight excluding hydrogens is 534 g/mol. The molecule has 0 aliphatic carbocycles. The molecule has 0 spiro atoms. The molecule has 0 aromatic heterocycles. The monoisotopic (exact) mass is 577 g/mol. The summed E-state index contributed by atoms with van der Waals surface area (Å²) < 4.78 is 55.2. The number of benzene rings is 2. The molecule has 2 aromatic carbocycles. The van der Waals surface area contributed by atoms with Crippen LogP contribution in [-0.4, -0.2) is 5.71 Å². The maximum atomic E-state index is 14.3. The van der Waals surface area contributed by atoms with Gasteiger partial charge in [-0.1, -0.05) is 76.4 Å². The van der Waals surface area contributed by atoms with E-state index in [1.807, 2.05) is 27.7 Å². The first-order valence-electron chi connectivity index (χ1n) is 14.0. The van der Waals surface area contributed by atoms with Gasteiger partial charge < -0.3 is 0 Å². The van der Waals surface area contributed by atoms with Crippen molar-refractivity contribution in [3.8, 4) is 0 Å². The lowest BCUT2D eigenvalue weighted by Gasteiger charge is -2.22. The SMILES string of the molecule is C=C(C)/C(F)=C(/C)N=C(C)CCC.CCCC/C(=C(/C)C(C)c1cccc(F)c1F)c1cc(Cl)c(F)cc1CC. The van der Waals surface area contributed by atoms with Gasteiger partial charge in [0.1, 0.15) is 11.6 Å². The molecule has 2 rings (SSSR count). The predicted molar refractivity (Wildman–Crippen MR) is 164 cm³/mol. The van der Waals surface area contributed by atoms with E-state index in [0.29, 0.717) is 23.3 Å². The van der Waals surface area contributed by atoms with Crippen molar-refractivity contribution in [3.63, 3.8) is 0 Å². The summed E-state index contributed by atoms with van der Waals surface area (Å²) >= 11 is 6.06. The maximum absolute atomic E-state index is 14.3. The summed E-state index contributed by atoms with van der Waals surface area (Å²) in [7, 11) is 0. The number of hydrogen-bond acceptors (Lipinski definition) is 1. The largest absolute Gasteiger partial charge is 0.260 e. The quantitative estimate of drug-likeness (QED) is 0.143. The van der Waals surface area contributed by atoms with Crippen molar-refractivity contribution in [1.82, 2.24) is 0 Å². The van der Waals surface area contributed by atoms with Crippen LogP contribution in [0.25, 0.3) is 5.57 Å². The van der Waals surface area contributed by atoms with Crippen LogP contribution in [0.3, 0.4) is 0 Å². The van der Waals surface area contributed by atoms with Gasteiger partial charge in [0.15, 0.2) is 11.6 Å². The molecule has 0 aliphatic heterocycles. The average Bonchev–Trinajstić information content (AvgIpc) is 2.91. The molecule has 0 radical (unpaired) electrons. The van der Waals surface area contributed by atoms with Gasteiger partial charge >= 0.3 is 0 Å². The third kappa shape index (κ3) is 10.1. The molecule has 0 aliphatic rings. The molecule has 220 valence electrons. The molecule has 0 heterocycles. The zero-order chi connectivity index (χ0) is 30.6. The molecule has 0 fully saturated rings. The molecule has 1 nitrogen and oxygen atoms in total. The Labute approximate surface area is 243 Å². The Morgan fingerprint density at radius 3 is 2.15 bits per heavy atom. The molecule has 0 saturated carbocycles. The first-order valence-corrected chi connectivity index (χ1v) is 14.4. The van der Waals surface area contributed by atoms with Crippen molar-refractivity contribution in [2.45, 2.75) is 99.8 Å². The Balaban J connectivity index is 0.000000520. The fraction of sp³-hybridized carbons (Fsp3) is 0.441. The van der Waals surface area contributed by atoms with Gasteiger partial charge in [-0.05, 0) is 99.4 Å². The van der Waals surface area contributed by atoms with E-state index in [9.17, 15) is 17.6 Å². The normalized spacial score (nSPS) is 13.7. The lowest BCUT2D eigenvalue weighted by Crippen LogP contribution is -2.05. The van der Waals surface area contributed by atoms with Gasteiger partial charge in [-0.3, -0.25) is 4.99 Å². The van der Waals surface area contributed by atoms with Crippen molar-refractivity contribution in [2.24, 2.45) is 4.99 Å². The number of hydrogen-bond donors (Lipinski definition) is 0. The fourth-order valence-electron chi connectivity index (χ4n) is 4.47. The summed E-state index contributed by atoms with van der Waals surface area (Å²) in [6.45, 7) is 18.7. The predicted octanol–water partition coefficient (Wildman–Crippen LogP) is 12.1. The van der Waals surface area contributed by atoms with Gasteiger partial charge in [0, 0.05) is 11.6 Å². The van der Waals surface area contributed by atoms with Crippen LogP contribution < -0.4 is 0 Å². The minimum absolute atomic E-state index is 0.0774. The summed E-state index contributed by atoms with van der Waals surface area (Å²) in [5.74, 6) is -2.70. The van der Waals surface area contributed by atoms with Gasteiger partial charge in [-0.15, -0.1) is 0 Å². The van der Waals surface area contributed by atoms with E-state index in [4.69, 9.17) is 11.6 Å². The van der Waals surface area contributed by atoms with Gasteiger partial charge in [-0.25, -0.2) is 17.6 Å². The van der Waals surface area contributed by atoms with Crippen molar-refractivity contribution in [1.29, 1.82) is 0 Å². The molecule has 40 heavy (non-hydrogen) atoms. The second kappa shape index (κ2) is 17.2. The third-order valence-corrected chi connectivity index (χ3v) is 7.16. The second-order valence-corrected chi connectivity index (χ2v) is 10.6. The van der Waals surface area contributed by atoms with Gasteiger partial charge in [0.2, 0.25) is 0 Å². The van der Waals surface area contributed by atoms with Crippen molar-refractivity contribution in [2.75, 3.05) is 0 Å². The molecule has 0 saturated heterocycles. The molecule has 1 unspecified atom stereocenters. The molecular formula is C34H44ClF4N. The zero-order valence-corrected chi connectivity index (χ0v) is 26.0. The Bertz CT molecular complexity index is 1260. The molecule has 1 atom stereocenters. The standard InChI is InChI=1S/C23H26ClF3.C11H18FN/c1-5-7-9-17(19-13-20(24)22(26)12-16(19)6-2)14(3)15(4)18-10-8-11-21(25)23(18)27;1-6-7-9(4)13-10(5)11(12)8(2)3/h8,10-13,15H,5-7,9H2,1-4H3;2,6-7H2,1,3-5H3/b17-14+;11-10+,13-9?. The van der Waals surface area contributed by atoms with Crippen LogP contribution in [0.1, 0.15) is 110 Å². The van der Waals surface area contributed by atoms with E-state index in [2.05, 4.69) is 25.4 Å². The summed E-state index contributed by atoms with van der Waals surface area (Å²) in [4.78, 5) is 4.15. The first kappa shape index (κ1) is 35.4. The topological polar surface area (TPSA) is 12.4 Å².